The van der Waals surface area contributed by atoms with E-state index in [1.807, 2.05) is 0 Å². The third-order valence-electron chi connectivity index (χ3n) is 4.11. The Morgan fingerprint density at radius 2 is 2.13 bits per heavy atom. The van der Waals surface area contributed by atoms with Gasteiger partial charge < -0.3 is 19.5 Å². The van der Waals surface area contributed by atoms with Crippen molar-refractivity contribution in [2.45, 2.75) is 12.5 Å². The summed E-state index contributed by atoms with van der Waals surface area (Å²) < 4.78 is 10.7. The van der Waals surface area contributed by atoms with E-state index in [0.717, 1.165) is 5.56 Å². The van der Waals surface area contributed by atoms with Gasteiger partial charge in [0, 0.05) is 19.2 Å². The Hall–Kier alpha value is -2.18. The number of carbonyl (C=O) groups is 2. The second kappa shape index (κ2) is 6.14. The fourth-order valence-corrected chi connectivity index (χ4v) is 2.65. The Morgan fingerprint density at radius 3 is 2.83 bits per heavy atom. The lowest BCUT2D eigenvalue weighted by atomic mass is 9.97. The standard InChI is InChI=1S/C17H19NO5/c1-17(11-19)16(21)13-10-12(2-4-14(13)23-17)3-5-15(20)18-6-8-22-9-7-18/h2-5,10,19H,6-9,11H2,1H3. The summed E-state index contributed by atoms with van der Waals surface area (Å²) >= 11 is 0. The van der Waals surface area contributed by atoms with Gasteiger partial charge in [-0.2, -0.15) is 0 Å². The highest BCUT2D eigenvalue weighted by Gasteiger charge is 2.43. The average Bonchev–Trinajstić information content (AvgIpc) is 2.85. The van der Waals surface area contributed by atoms with E-state index in [-0.39, 0.29) is 18.3 Å². The van der Waals surface area contributed by atoms with Crippen LogP contribution < -0.4 is 4.74 Å². The van der Waals surface area contributed by atoms with Crippen LogP contribution in [0.4, 0.5) is 0 Å². The topological polar surface area (TPSA) is 76.1 Å². The summed E-state index contributed by atoms with van der Waals surface area (Å²) in [5.74, 6) is 0.143. The van der Waals surface area contributed by atoms with Gasteiger partial charge in [-0.25, -0.2) is 0 Å². The Balaban J connectivity index is 1.75. The molecule has 1 aromatic carbocycles. The van der Waals surface area contributed by atoms with Gasteiger partial charge in [0.2, 0.25) is 11.7 Å². The molecule has 1 saturated heterocycles. The number of benzene rings is 1. The molecule has 6 heteroatoms. The van der Waals surface area contributed by atoms with Crippen molar-refractivity contribution >= 4 is 17.8 Å². The normalized spacial score (nSPS) is 23.9. The number of Topliss-reactive ketones (excluding diaryl/α,β-unsaturated/α-hetero) is 1. The van der Waals surface area contributed by atoms with E-state index in [2.05, 4.69) is 0 Å². The second-order valence-electron chi connectivity index (χ2n) is 5.85. The summed E-state index contributed by atoms with van der Waals surface area (Å²) in [5.41, 5.74) is -0.0408. The molecule has 0 saturated carbocycles. The van der Waals surface area contributed by atoms with Gasteiger partial charge in [0.05, 0.1) is 25.4 Å². The first kappa shape index (κ1) is 15.7. The van der Waals surface area contributed by atoms with Crippen LogP contribution in [0.25, 0.3) is 6.08 Å². The number of fused-ring (bicyclic) bond motifs is 1. The van der Waals surface area contributed by atoms with Gasteiger partial charge in [0.15, 0.2) is 5.60 Å². The maximum atomic E-state index is 12.3. The summed E-state index contributed by atoms with van der Waals surface area (Å²) in [4.78, 5) is 26.1. The molecule has 2 heterocycles. The van der Waals surface area contributed by atoms with Crippen molar-refractivity contribution in [3.63, 3.8) is 0 Å². The molecule has 0 bridgehead atoms. The molecule has 2 aliphatic rings. The van der Waals surface area contributed by atoms with E-state index in [9.17, 15) is 14.7 Å². The van der Waals surface area contributed by atoms with Crippen molar-refractivity contribution in [1.29, 1.82) is 0 Å². The molecule has 122 valence electrons. The molecule has 1 atom stereocenters. The summed E-state index contributed by atoms with van der Waals surface area (Å²) in [6, 6.07) is 5.15. The van der Waals surface area contributed by atoms with Crippen LogP contribution in [0.1, 0.15) is 22.8 Å². The number of ketones is 1. The summed E-state index contributed by atoms with van der Waals surface area (Å²) in [6.07, 6.45) is 3.18. The minimum atomic E-state index is -1.21. The van der Waals surface area contributed by atoms with Crippen LogP contribution in [-0.4, -0.2) is 60.2 Å². The number of nitrogens with zero attached hydrogens (tertiary/aromatic N) is 1. The highest BCUT2D eigenvalue weighted by atomic mass is 16.5. The van der Waals surface area contributed by atoms with E-state index in [1.54, 1.807) is 36.1 Å². The number of ether oxygens (including phenoxy) is 2. The molecular formula is C17H19NO5. The number of aliphatic hydroxyl groups excluding tert-OH is 1. The molecule has 1 aromatic rings. The molecule has 6 nitrogen and oxygen atoms in total. The Bertz CT molecular complexity index is 663. The monoisotopic (exact) mass is 317 g/mol. The van der Waals surface area contributed by atoms with Crippen molar-refractivity contribution in [2.24, 2.45) is 0 Å². The van der Waals surface area contributed by atoms with Gasteiger partial charge in [-0.3, -0.25) is 9.59 Å². The lowest BCUT2D eigenvalue weighted by Gasteiger charge is -2.25. The lowest BCUT2D eigenvalue weighted by Crippen LogP contribution is -2.40. The number of carbonyl (C=O) groups excluding carboxylic acids is 2. The zero-order valence-corrected chi connectivity index (χ0v) is 12.9. The number of hydrogen-bond donors (Lipinski definition) is 1. The van der Waals surface area contributed by atoms with Crippen LogP contribution in [0.3, 0.4) is 0 Å². The first-order valence-corrected chi connectivity index (χ1v) is 7.57. The fourth-order valence-electron chi connectivity index (χ4n) is 2.65. The molecule has 23 heavy (non-hydrogen) atoms. The predicted molar refractivity (Wildman–Crippen MR) is 83.3 cm³/mol. The number of amides is 1. The van der Waals surface area contributed by atoms with Crippen molar-refractivity contribution in [3.05, 3.63) is 35.4 Å². The SMILES string of the molecule is CC1(CO)Oc2ccc(C=CC(=O)N3CCOCC3)cc2C1=O. The largest absolute Gasteiger partial charge is 0.476 e. The van der Waals surface area contributed by atoms with E-state index < -0.39 is 5.60 Å². The van der Waals surface area contributed by atoms with Crippen LogP contribution in [0.5, 0.6) is 5.75 Å². The van der Waals surface area contributed by atoms with E-state index in [1.165, 1.54) is 6.08 Å². The molecule has 0 aromatic heterocycles. The van der Waals surface area contributed by atoms with Crippen LogP contribution in [0.2, 0.25) is 0 Å². The molecule has 1 N–H and O–H groups in total. The molecule has 1 amide bonds. The maximum absolute atomic E-state index is 12.3. The van der Waals surface area contributed by atoms with Gasteiger partial charge in [-0.05, 0) is 30.7 Å². The smallest absolute Gasteiger partial charge is 0.246 e. The Morgan fingerprint density at radius 1 is 1.39 bits per heavy atom. The predicted octanol–water partition coefficient (Wildman–Crippen LogP) is 0.885. The van der Waals surface area contributed by atoms with Crippen LogP contribution in [0.15, 0.2) is 24.3 Å². The number of hydrogen-bond acceptors (Lipinski definition) is 5. The number of aliphatic hydroxyl groups is 1. The van der Waals surface area contributed by atoms with E-state index in [0.29, 0.717) is 37.6 Å². The number of rotatable bonds is 3. The quantitative estimate of drug-likeness (QED) is 0.838. The summed E-state index contributed by atoms with van der Waals surface area (Å²) in [6.45, 7) is 3.49. The van der Waals surface area contributed by atoms with Gasteiger partial charge in [-0.15, -0.1) is 0 Å². The third-order valence-corrected chi connectivity index (χ3v) is 4.11. The minimum absolute atomic E-state index is 0.0726. The first-order chi connectivity index (χ1) is 11.0. The second-order valence-corrected chi connectivity index (χ2v) is 5.85. The van der Waals surface area contributed by atoms with Crippen molar-refractivity contribution in [3.8, 4) is 5.75 Å². The molecule has 1 unspecified atom stereocenters. The van der Waals surface area contributed by atoms with Gasteiger partial charge >= 0.3 is 0 Å². The Labute approximate surface area is 134 Å². The first-order valence-electron chi connectivity index (χ1n) is 7.57. The van der Waals surface area contributed by atoms with Crippen LogP contribution >= 0.6 is 0 Å². The average molecular weight is 317 g/mol. The summed E-state index contributed by atoms with van der Waals surface area (Å²) in [7, 11) is 0. The molecule has 1 fully saturated rings. The maximum Gasteiger partial charge on any atom is 0.246 e. The van der Waals surface area contributed by atoms with Crippen molar-refractivity contribution in [2.75, 3.05) is 32.9 Å². The van der Waals surface area contributed by atoms with Crippen molar-refractivity contribution in [1.82, 2.24) is 4.90 Å². The highest BCUT2D eigenvalue weighted by Crippen LogP contribution is 2.35. The molecule has 2 aliphatic heterocycles. The van der Waals surface area contributed by atoms with Crippen molar-refractivity contribution < 1.29 is 24.2 Å². The summed E-state index contributed by atoms with van der Waals surface area (Å²) in [5, 5.41) is 9.34. The molecule has 0 radical (unpaired) electrons. The van der Waals surface area contributed by atoms with Gasteiger partial charge in [-0.1, -0.05) is 6.07 Å². The third kappa shape index (κ3) is 3.00. The van der Waals surface area contributed by atoms with Crippen LogP contribution in [-0.2, 0) is 9.53 Å². The van der Waals surface area contributed by atoms with Crippen LogP contribution in [0, 0.1) is 0 Å². The van der Waals surface area contributed by atoms with E-state index in [4.69, 9.17) is 9.47 Å². The van der Waals surface area contributed by atoms with E-state index >= 15 is 0 Å². The zero-order chi connectivity index (χ0) is 16.4. The fraction of sp³-hybridized carbons (Fsp3) is 0.412. The molecular weight excluding hydrogens is 298 g/mol. The molecule has 3 rings (SSSR count). The highest BCUT2D eigenvalue weighted by molar-refractivity contribution is 6.07. The Kier molecular flexibility index (Phi) is 4.19. The van der Waals surface area contributed by atoms with Gasteiger partial charge in [0.25, 0.3) is 0 Å². The zero-order valence-electron chi connectivity index (χ0n) is 12.9. The minimum Gasteiger partial charge on any atom is -0.476 e. The lowest BCUT2D eigenvalue weighted by molar-refractivity contribution is -0.129. The molecule has 0 spiro atoms. The number of morpholine rings is 1. The molecule has 0 aliphatic carbocycles. The van der Waals surface area contributed by atoms with Gasteiger partial charge in [0.1, 0.15) is 5.75 Å².